The number of carbonyl (C=O) groups excluding carboxylic acids is 2. The monoisotopic (exact) mass is 251 g/mol. The van der Waals surface area contributed by atoms with Crippen LogP contribution in [0.4, 0.5) is 0 Å². The number of nitrogens with zero attached hydrogens (tertiary/aromatic N) is 1. The number of Topliss-reactive ketones (excluding diaryl/α,β-unsaturated/α-hetero) is 1. The smallest absolute Gasteiger partial charge is 0.222 e. The van der Waals surface area contributed by atoms with E-state index in [1.807, 2.05) is 22.4 Å². The van der Waals surface area contributed by atoms with Crippen molar-refractivity contribution in [1.29, 1.82) is 0 Å². The van der Waals surface area contributed by atoms with Crippen molar-refractivity contribution >= 4 is 23.0 Å². The van der Waals surface area contributed by atoms with Crippen LogP contribution in [-0.2, 0) is 4.79 Å². The van der Waals surface area contributed by atoms with Crippen molar-refractivity contribution < 1.29 is 9.59 Å². The first kappa shape index (κ1) is 12.3. The molecule has 17 heavy (non-hydrogen) atoms. The highest BCUT2D eigenvalue weighted by molar-refractivity contribution is 7.12. The van der Waals surface area contributed by atoms with Crippen LogP contribution in [0.15, 0.2) is 17.5 Å². The molecule has 0 radical (unpaired) electrons. The van der Waals surface area contributed by atoms with E-state index in [-0.39, 0.29) is 11.7 Å². The van der Waals surface area contributed by atoms with Crippen molar-refractivity contribution in [1.82, 2.24) is 4.90 Å². The van der Waals surface area contributed by atoms with Crippen LogP contribution in [0.1, 0.15) is 35.9 Å². The molecule has 0 spiro atoms. The van der Waals surface area contributed by atoms with E-state index in [1.54, 1.807) is 0 Å². The van der Waals surface area contributed by atoms with Gasteiger partial charge in [-0.05, 0) is 23.8 Å². The van der Waals surface area contributed by atoms with Gasteiger partial charge in [0.05, 0.1) is 4.88 Å². The number of carbonyl (C=O) groups is 2. The van der Waals surface area contributed by atoms with E-state index in [1.165, 1.54) is 11.3 Å². The van der Waals surface area contributed by atoms with Crippen LogP contribution in [0.2, 0.25) is 0 Å². The van der Waals surface area contributed by atoms with Gasteiger partial charge in [0.2, 0.25) is 5.91 Å². The van der Waals surface area contributed by atoms with Gasteiger partial charge in [0.1, 0.15) is 0 Å². The van der Waals surface area contributed by atoms with E-state index >= 15 is 0 Å². The highest BCUT2D eigenvalue weighted by Crippen LogP contribution is 2.18. The van der Waals surface area contributed by atoms with Crippen molar-refractivity contribution in [2.75, 3.05) is 13.1 Å². The van der Waals surface area contributed by atoms with Gasteiger partial charge in [-0.25, -0.2) is 0 Å². The van der Waals surface area contributed by atoms with E-state index in [0.29, 0.717) is 18.8 Å². The molecule has 1 fully saturated rings. The van der Waals surface area contributed by atoms with Crippen molar-refractivity contribution in [3.8, 4) is 0 Å². The van der Waals surface area contributed by atoms with E-state index in [2.05, 4.69) is 6.92 Å². The number of thiophene rings is 1. The van der Waals surface area contributed by atoms with Gasteiger partial charge in [-0.1, -0.05) is 13.0 Å². The molecule has 1 atom stereocenters. The summed E-state index contributed by atoms with van der Waals surface area (Å²) in [4.78, 5) is 26.0. The predicted octanol–water partition coefficient (Wildman–Crippen LogP) is 2.58. The molecule has 3 nitrogen and oxygen atoms in total. The molecule has 0 aromatic carbocycles. The first-order valence-electron chi connectivity index (χ1n) is 6.01. The second kappa shape index (κ2) is 5.45. The van der Waals surface area contributed by atoms with Gasteiger partial charge < -0.3 is 4.90 Å². The van der Waals surface area contributed by atoms with Crippen LogP contribution < -0.4 is 0 Å². The minimum atomic E-state index is 0.194. The van der Waals surface area contributed by atoms with Crippen molar-refractivity contribution in [2.24, 2.45) is 5.92 Å². The number of amides is 1. The van der Waals surface area contributed by atoms with E-state index in [0.717, 1.165) is 24.4 Å². The van der Waals surface area contributed by atoms with E-state index in [4.69, 9.17) is 0 Å². The fourth-order valence-electron chi connectivity index (χ4n) is 2.18. The van der Waals surface area contributed by atoms with Crippen molar-refractivity contribution in [3.05, 3.63) is 22.4 Å². The maximum absolute atomic E-state index is 11.7. The largest absolute Gasteiger partial charge is 0.342 e. The molecule has 2 rings (SSSR count). The van der Waals surface area contributed by atoms with Gasteiger partial charge in [-0.15, -0.1) is 11.3 Å². The fourth-order valence-corrected chi connectivity index (χ4v) is 2.87. The average molecular weight is 251 g/mol. The van der Waals surface area contributed by atoms with Crippen LogP contribution in [-0.4, -0.2) is 29.7 Å². The molecule has 1 aliphatic heterocycles. The second-order valence-corrected chi connectivity index (χ2v) is 5.60. The summed E-state index contributed by atoms with van der Waals surface area (Å²) in [5, 5.41) is 1.92. The standard InChI is InChI=1S/C13H17NO2S/c1-10-8-13(16)14(9-10)6-2-4-11(15)12-5-3-7-17-12/h3,5,7,10H,2,4,6,8-9H2,1H3. The molecular weight excluding hydrogens is 234 g/mol. The summed E-state index contributed by atoms with van der Waals surface area (Å²) in [5.41, 5.74) is 0. The fraction of sp³-hybridized carbons (Fsp3) is 0.538. The Hall–Kier alpha value is -1.16. The van der Waals surface area contributed by atoms with Gasteiger partial charge >= 0.3 is 0 Å². The molecular formula is C13H17NO2S. The summed E-state index contributed by atoms with van der Waals surface area (Å²) in [5.74, 6) is 0.899. The number of likely N-dealkylation sites (tertiary alicyclic amines) is 1. The lowest BCUT2D eigenvalue weighted by atomic mass is 10.2. The van der Waals surface area contributed by atoms with Crippen LogP contribution in [0.3, 0.4) is 0 Å². The molecule has 0 N–H and O–H groups in total. The molecule has 0 bridgehead atoms. The Balaban J connectivity index is 1.73. The van der Waals surface area contributed by atoms with Gasteiger partial charge in [-0.2, -0.15) is 0 Å². The summed E-state index contributed by atoms with van der Waals surface area (Å²) in [7, 11) is 0. The Kier molecular flexibility index (Phi) is 3.94. The van der Waals surface area contributed by atoms with Gasteiger partial charge in [0.25, 0.3) is 0 Å². The molecule has 1 amide bonds. The van der Waals surface area contributed by atoms with Gasteiger partial charge in [0, 0.05) is 25.9 Å². The third-order valence-corrected chi connectivity index (χ3v) is 3.95. The Labute approximate surface area is 105 Å². The van der Waals surface area contributed by atoms with E-state index in [9.17, 15) is 9.59 Å². The Bertz CT molecular complexity index is 400. The van der Waals surface area contributed by atoms with Crippen LogP contribution in [0, 0.1) is 5.92 Å². The quantitative estimate of drug-likeness (QED) is 0.754. The van der Waals surface area contributed by atoms with Crippen LogP contribution in [0.5, 0.6) is 0 Å². The third-order valence-electron chi connectivity index (χ3n) is 3.04. The number of hydrogen-bond acceptors (Lipinski definition) is 3. The second-order valence-electron chi connectivity index (χ2n) is 4.65. The third kappa shape index (κ3) is 3.16. The van der Waals surface area contributed by atoms with Gasteiger partial charge in [-0.3, -0.25) is 9.59 Å². The molecule has 92 valence electrons. The highest BCUT2D eigenvalue weighted by atomic mass is 32.1. The number of ketones is 1. The molecule has 1 aromatic rings. The van der Waals surface area contributed by atoms with Crippen LogP contribution in [0.25, 0.3) is 0 Å². The SMILES string of the molecule is CC1CC(=O)N(CCCC(=O)c2cccs2)C1. The Morgan fingerprint density at radius 2 is 2.41 bits per heavy atom. The summed E-state index contributed by atoms with van der Waals surface area (Å²) in [6.07, 6.45) is 1.98. The van der Waals surface area contributed by atoms with Crippen LogP contribution >= 0.6 is 11.3 Å². The minimum absolute atomic E-state index is 0.194. The normalized spacial score (nSPS) is 19.9. The highest BCUT2D eigenvalue weighted by Gasteiger charge is 2.25. The first-order valence-corrected chi connectivity index (χ1v) is 6.89. The molecule has 1 aromatic heterocycles. The predicted molar refractivity (Wildman–Crippen MR) is 68.2 cm³/mol. The minimum Gasteiger partial charge on any atom is -0.342 e. The molecule has 1 saturated heterocycles. The number of hydrogen-bond donors (Lipinski definition) is 0. The molecule has 0 saturated carbocycles. The summed E-state index contributed by atoms with van der Waals surface area (Å²) < 4.78 is 0. The van der Waals surface area contributed by atoms with Crippen molar-refractivity contribution in [2.45, 2.75) is 26.2 Å². The molecule has 0 aliphatic carbocycles. The van der Waals surface area contributed by atoms with E-state index < -0.39 is 0 Å². The summed E-state index contributed by atoms with van der Waals surface area (Å²) in [6, 6.07) is 3.75. The number of rotatable bonds is 5. The summed E-state index contributed by atoms with van der Waals surface area (Å²) >= 11 is 1.48. The maximum Gasteiger partial charge on any atom is 0.222 e. The van der Waals surface area contributed by atoms with Gasteiger partial charge in [0.15, 0.2) is 5.78 Å². The topological polar surface area (TPSA) is 37.4 Å². The Morgan fingerprint density at radius 1 is 1.59 bits per heavy atom. The molecule has 1 aliphatic rings. The van der Waals surface area contributed by atoms with Crippen molar-refractivity contribution in [3.63, 3.8) is 0 Å². The molecule has 2 heterocycles. The lowest BCUT2D eigenvalue weighted by molar-refractivity contribution is -0.127. The summed E-state index contributed by atoms with van der Waals surface area (Å²) in [6.45, 7) is 3.67. The maximum atomic E-state index is 11.7. The Morgan fingerprint density at radius 3 is 3.00 bits per heavy atom. The lowest BCUT2D eigenvalue weighted by Crippen LogP contribution is -2.26. The lowest BCUT2D eigenvalue weighted by Gasteiger charge is -2.15. The molecule has 4 heteroatoms. The zero-order valence-corrected chi connectivity index (χ0v) is 10.8. The average Bonchev–Trinajstić information content (AvgIpc) is 2.89. The first-order chi connectivity index (χ1) is 8.16. The molecule has 1 unspecified atom stereocenters. The zero-order valence-electron chi connectivity index (χ0n) is 10.0. The zero-order chi connectivity index (χ0) is 12.3.